The van der Waals surface area contributed by atoms with Gasteiger partial charge in [-0.05, 0) is 56.9 Å². The first-order valence-electron chi connectivity index (χ1n) is 8.06. The number of hydrogen-bond donors (Lipinski definition) is 0. The topological polar surface area (TPSA) is 18.5 Å². The minimum atomic E-state index is -1.54. The number of rotatable bonds is 5. The van der Waals surface area contributed by atoms with Gasteiger partial charge in [0.15, 0.2) is 6.29 Å². The fraction of sp³-hybridized carbons (Fsp3) is 0.765. The van der Waals surface area contributed by atoms with Crippen molar-refractivity contribution in [1.82, 2.24) is 0 Å². The molecule has 1 saturated carbocycles. The van der Waals surface area contributed by atoms with Gasteiger partial charge in [-0.15, -0.1) is 0 Å². The Bertz CT molecular complexity index is 348. The van der Waals surface area contributed by atoms with Crippen LogP contribution in [0.4, 0.5) is 8.78 Å². The van der Waals surface area contributed by atoms with E-state index < -0.39 is 6.08 Å². The van der Waals surface area contributed by atoms with Crippen molar-refractivity contribution in [2.45, 2.75) is 51.7 Å². The molecular weight excluding hydrogens is 274 g/mol. The van der Waals surface area contributed by atoms with Gasteiger partial charge >= 0.3 is 0 Å². The lowest BCUT2D eigenvalue weighted by Gasteiger charge is -2.37. The summed E-state index contributed by atoms with van der Waals surface area (Å²) < 4.78 is 36.1. The van der Waals surface area contributed by atoms with E-state index in [2.05, 4.69) is 6.08 Å². The third kappa shape index (κ3) is 5.51. The largest absolute Gasteiger partial charge is 0.352 e. The number of halogens is 2. The standard InChI is InChI=1S/C17H26F2O2/c1-2-3-4-5-17-20-11-15(12-21-17)14-8-6-13(7-9-14)10-16(18)19/h2-3,10,13-15,17H,4-9,11-12H2,1H3/b3-2+. The van der Waals surface area contributed by atoms with Crippen molar-refractivity contribution >= 4 is 0 Å². The van der Waals surface area contributed by atoms with Gasteiger partial charge < -0.3 is 9.47 Å². The molecule has 0 atom stereocenters. The molecule has 21 heavy (non-hydrogen) atoms. The van der Waals surface area contributed by atoms with Gasteiger partial charge in [-0.25, -0.2) is 0 Å². The van der Waals surface area contributed by atoms with E-state index in [9.17, 15) is 8.78 Å². The molecule has 1 saturated heterocycles. The van der Waals surface area contributed by atoms with E-state index in [1.807, 2.05) is 13.0 Å². The van der Waals surface area contributed by atoms with Gasteiger partial charge in [-0.3, -0.25) is 0 Å². The molecule has 0 amide bonds. The first-order valence-corrected chi connectivity index (χ1v) is 8.06. The van der Waals surface area contributed by atoms with E-state index in [0.717, 1.165) is 57.8 Å². The fourth-order valence-corrected chi connectivity index (χ4v) is 3.36. The van der Waals surface area contributed by atoms with Gasteiger partial charge in [-0.2, -0.15) is 8.78 Å². The van der Waals surface area contributed by atoms with Crippen molar-refractivity contribution < 1.29 is 18.3 Å². The predicted molar refractivity (Wildman–Crippen MR) is 79.0 cm³/mol. The highest BCUT2D eigenvalue weighted by atomic mass is 19.3. The molecule has 0 spiro atoms. The highest BCUT2D eigenvalue weighted by molar-refractivity contribution is 4.92. The van der Waals surface area contributed by atoms with Crippen LogP contribution in [0.2, 0.25) is 0 Å². The summed E-state index contributed by atoms with van der Waals surface area (Å²) in [5.41, 5.74) is 0. The lowest BCUT2D eigenvalue weighted by molar-refractivity contribution is -0.211. The molecule has 1 aliphatic carbocycles. The van der Waals surface area contributed by atoms with Crippen molar-refractivity contribution in [3.63, 3.8) is 0 Å². The summed E-state index contributed by atoms with van der Waals surface area (Å²) in [6.45, 7) is 3.52. The molecule has 2 aliphatic rings. The zero-order chi connectivity index (χ0) is 15.1. The molecule has 1 heterocycles. The van der Waals surface area contributed by atoms with E-state index in [-0.39, 0.29) is 12.2 Å². The Kier molecular flexibility index (Phi) is 6.84. The van der Waals surface area contributed by atoms with Crippen LogP contribution in [0, 0.1) is 17.8 Å². The minimum absolute atomic E-state index is 0.0604. The van der Waals surface area contributed by atoms with Crippen molar-refractivity contribution in [1.29, 1.82) is 0 Å². The number of ether oxygens (including phenoxy) is 2. The lowest BCUT2D eigenvalue weighted by atomic mass is 9.76. The average Bonchev–Trinajstić information content (AvgIpc) is 2.49. The van der Waals surface area contributed by atoms with Gasteiger partial charge in [0.1, 0.15) is 0 Å². The SMILES string of the molecule is C/C=C/CCC1OCC(C2CCC(C=C(F)F)CC2)CO1. The summed E-state index contributed by atoms with van der Waals surface area (Å²) >= 11 is 0. The van der Waals surface area contributed by atoms with Crippen LogP contribution >= 0.6 is 0 Å². The summed E-state index contributed by atoms with van der Waals surface area (Å²) in [7, 11) is 0. The molecule has 0 bridgehead atoms. The molecule has 2 rings (SSSR count). The summed E-state index contributed by atoms with van der Waals surface area (Å²) in [5.74, 6) is 1.06. The van der Waals surface area contributed by atoms with E-state index in [0.29, 0.717) is 11.8 Å². The Labute approximate surface area is 126 Å². The maximum Gasteiger partial charge on any atom is 0.266 e. The zero-order valence-corrected chi connectivity index (χ0v) is 12.8. The summed E-state index contributed by atoms with van der Waals surface area (Å²) in [6, 6.07) is 0. The normalized spacial score (nSPS) is 34.0. The third-order valence-electron chi connectivity index (χ3n) is 4.64. The van der Waals surface area contributed by atoms with E-state index in [1.165, 1.54) is 0 Å². The van der Waals surface area contributed by atoms with Crippen LogP contribution in [0.3, 0.4) is 0 Å². The second-order valence-electron chi connectivity index (χ2n) is 6.13. The Morgan fingerprint density at radius 3 is 2.29 bits per heavy atom. The second-order valence-corrected chi connectivity index (χ2v) is 6.13. The summed E-state index contributed by atoms with van der Waals surface area (Å²) in [6.07, 6.45) is 9.32. The van der Waals surface area contributed by atoms with Crippen LogP contribution in [0.5, 0.6) is 0 Å². The molecule has 0 unspecified atom stereocenters. The minimum Gasteiger partial charge on any atom is -0.352 e. The van der Waals surface area contributed by atoms with E-state index >= 15 is 0 Å². The van der Waals surface area contributed by atoms with Crippen LogP contribution in [-0.2, 0) is 9.47 Å². The van der Waals surface area contributed by atoms with Crippen molar-refractivity contribution in [3.05, 3.63) is 24.3 Å². The van der Waals surface area contributed by atoms with Gasteiger partial charge in [0.2, 0.25) is 0 Å². The van der Waals surface area contributed by atoms with Gasteiger partial charge in [0, 0.05) is 12.3 Å². The zero-order valence-electron chi connectivity index (χ0n) is 12.8. The van der Waals surface area contributed by atoms with Gasteiger partial charge in [-0.1, -0.05) is 12.2 Å². The Morgan fingerprint density at radius 2 is 1.71 bits per heavy atom. The van der Waals surface area contributed by atoms with E-state index in [1.54, 1.807) is 0 Å². The van der Waals surface area contributed by atoms with Crippen LogP contribution in [0.1, 0.15) is 45.4 Å². The average molecular weight is 300 g/mol. The van der Waals surface area contributed by atoms with Crippen LogP contribution in [-0.4, -0.2) is 19.5 Å². The molecule has 1 aliphatic heterocycles. The second kappa shape index (κ2) is 8.64. The number of allylic oxidation sites excluding steroid dienone is 3. The molecule has 120 valence electrons. The first kappa shape index (κ1) is 16.6. The Morgan fingerprint density at radius 1 is 1.05 bits per heavy atom. The number of hydrogen-bond acceptors (Lipinski definition) is 2. The van der Waals surface area contributed by atoms with Gasteiger partial charge in [0.25, 0.3) is 6.08 Å². The molecule has 2 nitrogen and oxygen atoms in total. The van der Waals surface area contributed by atoms with Crippen LogP contribution in [0.15, 0.2) is 24.3 Å². The monoisotopic (exact) mass is 300 g/mol. The van der Waals surface area contributed by atoms with Gasteiger partial charge in [0.05, 0.1) is 13.2 Å². The lowest BCUT2D eigenvalue weighted by Crippen LogP contribution is -2.37. The smallest absolute Gasteiger partial charge is 0.266 e. The Hall–Kier alpha value is -0.740. The summed E-state index contributed by atoms with van der Waals surface area (Å²) in [5, 5.41) is 0. The first-order chi connectivity index (χ1) is 10.2. The van der Waals surface area contributed by atoms with Crippen molar-refractivity contribution in [2.75, 3.05) is 13.2 Å². The molecule has 4 heteroatoms. The molecule has 0 N–H and O–H groups in total. The molecule has 2 fully saturated rings. The third-order valence-corrected chi connectivity index (χ3v) is 4.64. The maximum atomic E-state index is 12.3. The van der Waals surface area contributed by atoms with Crippen LogP contribution in [0.25, 0.3) is 0 Å². The Balaban J connectivity index is 1.68. The van der Waals surface area contributed by atoms with E-state index in [4.69, 9.17) is 9.47 Å². The van der Waals surface area contributed by atoms with Crippen LogP contribution < -0.4 is 0 Å². The summed E-state index contributed by atoms with van der Waals surface area (Å²) in [4.78, 5) is 0. The molecule has 0 radical (unpaired) electrons. The van der Waals surface area contributed by atoms with Crippen molar-refractivity contribution in [3.8, 4) is 0 Å². The molecular formula is C17H26F2O2. The highest BCUT2D eigenvalue weighted by Gasteiger charge is 2.31. The highest BCUT2D eigenvalue weighted by Crippen LogP contribution is 2.36. The molecule has 0 aromatic carbocycles. The quantitative estimate of drug-likeness (QED) is 0.671. The predicted octanol–water partition coefficient (Wildman–Crippen LogP) is 4.92. The van der Waals surface area contributed by atoms with Crippen molar-refractivity contribution in [2.24, 2.45) is 17.8 Å². The molecule has 0 aromatic heterocycles. The maximum absolute atomic E-state index is 12.3. The molecule has 0 aromatic rings. The fourth-order valence-electron chi connectivity index (χ4n) is 3.36.